The SMILES string of the molecule is CNCCC1CCCCN1c1cccc(OC)n1. The molecule has 0 amide bonds. The molecule has 4 nitrogen and oxygen atoms in total. The number of hydrogen-bond donors (Lipinski definition) is 1. The van der Waals surface area contributed by atoms with Crippen LogP contribution in [0, 0.1) is 0 Å². The number of ether oxygens (including phenoxy) is 1. The third-order valence-electron chi connectivity index (χ3n) is 3.57. The second-order valence-corrected chi connectivity index (χ2v) is 4.77. The third-order valence-corrected chi connectivity index (χ3v) is 3.57. The molecule has 1 N–H and O–H groups in total. The maximum absolute atomic E-state index is 5.21. The van der Waals surface area contributed by atoms with E-state index >= 15 is 0 Å². The highest BCUT2D eigenvalue weighted by molar-refractivity contribution is 5.42. The number of hydrogen-bond acceptors (Lipinski definition) is 4. The Balaban J connectivity index is 2.11. The fourth-order valence-corrected chi connectivity index (χ4v) is 2.59. The first-order chi connectivity index (χ1) is 8.85. The summed E-state index contributed by atoms with van der Waals surface area (Å²) in [6.07, 6.45) is 5.03. The second-order valence-electron chi connectivity index (χ2n) is 4.77. The Morgan fingerprint density at radius 3 is 3.11 bits per heavy atom. The number of aromatic nitrogens is 1. The predicted octanol–water partition coefficient (Wildman–Crippen LogP) is 2.06. The molecule has 1 aromatic rings. The van der Waals surface area contributed by atoms with Crippen LogP contribution in [-0.2, 0) is 0 Å². The van der Waals surface area contributed by atoms with E-state index in [-0.39, 0.29) is 0 Å². The Bertz CT molecular complexity index is 370. The summed E-state index contributed by atoms with van der Waals surface area (Å²) in [5.41, 5.74) is 0. The molecule has 1 aliphatic heterocycles. The van der Waals surface area contributed by atoms with Crippen molar-refractivity contribution in [3.63, 3.8) is 0 Å². The zero-order valence-corrected chi connectivity index (χ0v) is 11.4. The summed E-state index contributed by atoms with van der Waals surface area (Å²) < 4.78 is 5.21. The highest BCUT2D eigenvalue weighted by Crippen LogP contribution is 2.26. The fourth-order valence-electron chi connectivity index (χ4n) is 2.59. The minimum absolute atomic E-state index is 0.603. The molecular formula is C14H23N3O. The van der Waals surface area contributed by atoms with Crippen LogP contribution in [-0.4, -0.2) is 38.3 Å². The number of nitrogens with zero attached hydrogens (tertiary/aromatic N) is 2. The van der Waals surface area contributed by atoms with Crippen molar-refractivity contribution < 1.29 is 4.74 Å². The van der Waals surface area contributed by atoms with Gasteiger partial charge in [-0.1, -0.05) is 6.07 Å². The number of methoxy groups -OCH3 is 1. The Hall–Kier alpha value is -1.29. The van der Waals surface area contributed by atoms with Crippen molar-refractivity contribution in [3.8, 4) is 5.88 Å². The summed E-state index contributed by atoms with van der Waals surface area (Å²) in [5, 5.41) is 3.24. The lowest BCUT2D eigenvalue weighted by atomic mass is 9.99. The second kappa shape index (κ2) is 6.59. The summed E-state index contributed by atoms with van der Waals surface area (Å²) in [6, 6.07) is 6.60. The van der Waals surface area contributed by atoms with Crippen molar-refractivity contribution in [2.45, 2.75) is 31.7 Å². The van der Waals surface area contributed by atoms with Gasteiger partial charge in [-0.2, -0.15) is 4.98 Å². The third kappa shape index (κ3) is 3.13. The van der Waals surface area contributed by atoms with Gasteiger partial charge in [0.25, 0.3) is 0 Å². The quantitative estimate of drug-likeness (QED) is 0.866. The molecule has 1 fully saturated rings. The first kappa shape index (κ1) is 13.1. The van der Waals surface area contributed by atoms with Crippen LogP contribution >= 0.6 is 0 Å². The van der Waals surface area contributed by atoms with Gasteiger partial charge in [-0.05, 0) is 45.3 Å². The molecule has 0 aromatic carbocycles. The smallest absolute Gasteiger partial charge is 0.214 e. The van der Waals surface area contributed by atoms with E-state index in [0.717, 1.165) is 18.9 Å². The summed E-state index contributed by atoms with van der Waals surface area (Å²) in [7, 11) is 3.68. The number of rotatable bonds is 5. The van der Waals surface area contributed by atoms with Gasteiger partial charge in [0, 0.05) is 18.7 Å². The Kier molecular flexibility index (Phi) is 4.81. The Morgan fingerprint density at radius 1 is 1.44 bits per heavy atom. The van der Waals surface area contributed by atoms with E-state index < -0.39 is 0 Å². The number of pyridine rings is 1. The topological polar surface area (TPSA) is 37.4 Å². The zero-order valence-electron chi connectivity index (χ0n) is 11.4. The Morgan fingerprint density at radius 2 is 2.33 bits per heavy atom. The van der Waals surface area contributed by atoms with Gasteiger partial charge in [-0.3, -0.25) is 0 Å². The van der Waals surface area contributed by atoms with Gasteiger partial charge in [0.1, 0.15) is 5.82 Å². The molecule has 0 aliphatic carbocycles. The Labute approximate surface area is 109 Å². The monoisotopic (exact) mass is 249 g/mol. The molecule has 1 aromatic heterocycles. The van der Waals surface area contributed by atoms with Gasteiger partial charge in [-0.15, -0.1) is 0 Å². The van der Waals surface area contributed by atoms with Crippen LogP contribution in [0.2, 0.25) is 0 Å². The lowest BCUT2D eigenvalue weighted by Gasteiger charge is -2.36. The molecule has 1 unspecified atom stereocenters. The molecule has 0 spiro atoms. The molecular weight excluding hydrogens is 226 g/mol. The van der Waals surface area contributed by atoms with E-state index in [1.807, 2.05) is 19.2 Å². The molecule has 1 saturated heterocycles. The molecule has 0 bridgehead atoms. The van der Waals surface area contributed by atoms with Crippen LogP contribution in [0.4, 0.5) is 5.82 Å². The van der Waals surface area contributed by atoms with Gasteiger partial charge in [-0.25, -0.2) is 0 Å². The van der Waals surface area contributed by atoms with Crippen LogP contribution in [0.25, 0.3) is 0 Å². The molecule has 2 heterocycles. The summed E-state index contributed by atoms with van der Waals surface area (Å²) in [6.45, 7) is 2.17. The van der Waals surface area contributed by atoms with Crippen LogP contribution < -0.4 is 15.0 Å². The first-order valence-electron chi connectivity index (χ1n) is 6.77. The van der Waals surface area contributed by atoms with Crippen LogP contribution in [0.5, 0.6) is 5.88 Å². The van der Waals surface area contributed by atoms with E-state index in [2.05, 4.69) is 21.3 Å². The molecule has 100 valence electrons. The van der Waals surface area contributed by atoms with Crippen LogP contribution in [0.3, 0.4) is 0 Å². The van der Waals surface area contributed by atoms with Crippen molar-refractivity contribution >= 4 is 5.82 Å². The highest BCUT2D eigenvalue weighted by atomic mass is 16.5. The lowest BCUT2D eigenvalue weighted by Crippen LogP contribution is -2.41. The minimum atomic E-state index is 0.603. The normalized spacial score (nSPS) is 19.9. The number of anilines is 1. The first-order valence-corrected chi connectivity index (χ1v) is 6.77. The van der Waals surface area contributed by atoms with Crippen molar-refractivity contribution in [1.29, 1.82) is 0 Å². The largest absolute Gasteiger partial charge is 0.481 e. The lowest BCUT2D eigenvalue weighted by molar-refractivity contribution is 0.393. The van der Waals surface area contributed by atoms with Gasteiger partial charge in [0.2, 0.25) is 5.88 Å². The summed E-state index contributed by atoms with van der Waals surface area (Å²) in [4.78, 5) is 6.99. The van der Waals surface area contributed by atoms with Crippen LogP contribution in [0.1, 0.15) is 25.7 Å². The average Bonchev–Trinajstić information content (AvgIpc) is 2.45. The maximum atomic E-state index is 5.21. The molecule has 1 aliphatic rings. The number of nitrogens with one attached hydrogen (secondary N) is 1. The summed E-state index contributed by atoms with van der Waals surface area (Å²) >= 11 is 0. The molecule has 18 heavy (non-hydrogen) atoms. The summed E-state index contributed by atoms with van der Waals surface area (Å²) in [5.74, 6) is 1.75. The van der Waals surface area contributed by atoms with Gasteiger partial charge >= 0.3 is 0 Å². The van der Waals surface area contributed by atoms with E-state index in [0.29, 0.717) is 11.9 Å². The van der Waals surface area contributed by atoms with E-state index in [4.69, 9.17) is 4.74 Å². The average molecular weight is 249 g/mol. The molecule has 4 heteroatoms. The molecule has 0 radical (unpaired) electrons. The van der Waals surface area contributed by atoms with Crippen molar-refractivity contribution in [2.75, 3.05) is 32.1 Å². The minimum Gasteiger partial charge on any atom is -0.481 e. The molecule has 1 atom stereocenters. The fraction of sp³-hybridized carbons (Fsp3) is 0.643. The van der Waals surface area contributed by atoms with E-state index in [9.17, 15) is 0 Å². The van der Waals surface area contributed by atoms with Crippen molar-refractivity contribution in [1.82, 2.24) is 10.3 Å². The highest BCUT2D eigenvalue weighted by Gasteiger charge is 2.23. The standard InChI is InChI=1S/C14H23N3O/c1-15-10-9-12-6-3-4-11-17(12)13-7-5-8-14(16-13)18-2/h5,7-8,12,15H,3-4,6,9-11H2,1-2H3. The van der Waals surface area contributed by atoms with Crippen molar-refractivity contribution in [3.05, 3.63) is 18.2 Å². The van der Waals surface area contributed by atoms with Gasteiger partial charge < -0.3 is 15.0 Å². The van der Waals surface area contributed by atoms with Crippen LogP contribution in [0.15, 0.2) is 18.2 Å². The number of piperidine rings is 1. The zero-order chi connectivity index (χ0) is 12.8. The maximum Gasteiger partial charge on any atom is 0.214 e. The van der Waals surface area contributed by atoms with Gasteiger partial charge in [0.05, 0.1) is 7.11 Å². The predicted molar refractivity (Wildman–Crippen MR) is 74.3 cm³/mol. The molecule has 0 saturated carbocycles. The molecule has 2 rings (SSSR count). The van der Waals surface area contributed by atoms with E-state index in [1.54, 1.807) is 7.11 Å². The van der Waals surface area contributed by atoms with Crippen molar-refractivity contribution in [2.24, 2.45) is 0 Å². The van der Waals surface area contributed by atoms with Gasteiger partial charge in [0.15, 0.2) is 0 Å². The van der Waals surface area contributed by atoms with E-state index in [1.165, 1.54) is 25.7 Å².